The summed E-state index contributed by atoms with van der Waals surface area (Å²) in [7, 11) is 3.48. The summed E-state index contributed by atoms with van der Waals surface area (Å²) in [6.07, 6.45) is 3.13. The van der Waals surface area contributed by atoms with Crippen LogP contribution in [0.1, 0.15) is 5.56 Å². The molecule has 0 aliphatic heterocycles. The SMILES string of the molecule is C=C(F)C(=O)Nc1ccc(-c2c(-c3ccc(Oc4ccn(C)n4)cc3)c3c(N)ncc(C#N)c3n2C)c(F)c1. The fourth-order valence-electron chi connectivity index (χ4n) is 4.43. The minimum absolute atomic E-state index is 0.0512. The van der Waals surface area contributed by atoms with Crippen LogP contribution in [-0.4, -0.2) is 25.2 Å². The first kappa shape index (κ1) is 25.2. The number of aryl methyl sites for hydroxylation is 2. The largest absolute Gasteiger partial charge is 0.438 e. The molecule has 1 amide bonds. The minimum atomic E-state index is -1.20. The first-order valence-corrected chi connectivity index (χ1v) is 11.6. The average molecular weight is 526 g/mol. The second-order valence-corrected chi connectivity index (χ2v) is 8.68. The van der Waals surface area contributed by atoms with Crippen molar-refractivity contribution in [1.82, 2.24) is 19.3 Å². The molecule has 39 heavy (non-hydrogen) atoms. The molecule has 11 heteroatoms. The molecule has 3 heterocycles. The predicted octanol–water partition coefficient (Wildman–Crippen LogP) is 5.45. The Morgan fingerprint density at radius 2 is 1.92 bits per heavy atom. The Morgan fingerprint density at radius 1 is 1.18 bits per heavy atom. The lowest BCUT2D eigenvalue weighted by Crippen LogP contribution is -2.11. The molecule has 0 aliphatic carbocycles. The van der Waals surface area contributed by atoms with Crippen molar-refractivity contribution in [3.05, 3.63) is 84.7 Å². The first-order chi connectivity index (χ1) is 18.7. The van der Waals surface area contributed by atoms with Crippen molar-refractivity contribution in [2.45, 2.75) is 0 Å². The molecule has 3 aromatic heterocycles. The smallest absolute Gasteiger partial charge is 0.283 e. The van der Waals surface area contributed by atoms with Gasteiger partial charge in [-0.2, -0.15) is 5.26 Å². The molecule has 0 aliphatic rings. The molecule has 0 saturated heterocycles. The van der Waals surface area contributed by atoms with Crippen molar-refractivity contribution >= 4 is 28.3 Å². The molecule has 5 aromatic rings. The number of pyridine rings is 1. The zero-order valence-electron chi connectivity index (χ0n) is 20.9. The van der Waals surface area contributed by atoms with Crippen molar-refractivity contribution in [3.8, 4) is 40.1 Å². The van der Waals surface area contributed by atoms with Crippen LogP contribution >= 0.6 is 0 Å². The number of nitriles is 1. The third-order valence-corrected chi connectivity index (χ3v) is 6.14. The van der Waals surface area contributed by atoms with E-state index >= 15 is 4.39 Å². The number of carbonyl (C=O) groups is 1. The van der Waals surface area contributed by atoms with Gasteiger partial charge in [0.25, 0.3) is 5.91 Å². The maximum Gasteiger partial charge on any atom is 0.283 e. The second kappa shape index (κ2) is 9.75. The second-order valence-electron chi connectivity index (χ2n) is 8.68. The zero-order valence-corrected chi connectivity index (χ0v) is 20.9. The molecule has 5 rings (SSSR count). The quantitative estimate of drug-likeness (QED) is 0.284. The Labute approximate surface area is 221 Å². The van der Waals surface area contributed by atoms with Crippen LogP contribution in [-0.2, 0) is 18.9 Å². The summed E-state index contributed by atoms with van der Waals surface area (Å²) in [5.74, 6) is -1.83. The number of aromatic nitrogens is 4. The molecule has 0 atom stereocenters. The zero-order chi connectivity index (χ0) is 27.8. The van der Waals surface area contributed by atoms with Crippen LogP contribution in [0.4, 0.5) is 20.3 Å². The summed E-state index contributed by atoms with van der Waals surface area (Å²) >= 11 is 0. The summed E-state index contributed by atoms with van der Waals surface area (Å²) < 4.78 is 37.8. The highest BCUT2D eigenvalue weighted by molar-refractivity contribution is 6.11. The Kier molecular flexibility index (Phi) is 6.29. The van der Waals surface area contributed by atoms with Crippen LogP contribution in [0.15, 0.2) is 73.3 Å². The lowest BCUT2D eigenvalue weighted by atomic mass is 9.97. The van der Waals surface area contributed by atoms with E-state index in [4.69, 9.17) is 10.5 Å². The van der Waals surface area contributed by atoms with E-state index in [0.29, 0.717) is 39.4 Å². The van der Waals surface area contributed by atoms with E-state index in [0.717, 1.165) is 6.07 Å². The number of hydrogen-bond donors (Lipinski definition) is 2. The van der Waals surface area contributed by atoms with Crippen LogP contribution in [0.5, 0.6) is 11.6 Å². The van der Waals surface area contributed by atoms with Crippen molar-refractivity contribution < 1.29 is 18.3 Å². The number of amides is 1. The standard InChI is InChI=1S/C28H21F2N7O2/c1-15(29)28(38)34-18-6-9-20(21(30)12-18)26-23(24-25(37(26)3)17(13-31)14-33-27(24)32)16-4-7-19(8-5-16)39-22-10-11-36(2)35-22/h4-12,14H,1H2,2-3H3,(H2,32,33)(H,34,38). The monoisotopic (exact) mass is 525 g/mol. The molecule has 9 nitrogen and oxygen atoms in total. The molecule has 0 bridgehead atoms. The van der Waals surface area contributed by atoms with Gasteiger partial charge in [-0.05, 0) is 35.9 Å². The van der Waals surface area contributed by atoms with Gasteiger partial charge in [-0.25, -0.2) is 13.8 Å². The number of benzene rings is 2. The number of carbonyl (C=O) groups excluding carboxylic acids is 1. The maximum absolute atomic E-state index is 15.6. The maximum atomic E-state index is 15.6. The van der Waals surface area contributed by atoms with Crippen LogP contribution in [0.25, 0.3) is 33.3 Å². The topological polar surface area (TPSA) is 124 Å². The summed E-state index contributed by atoms with van der Waals surface area (Å²) in [5, 5.41) is 16.7. The van der Waals surface area contributed by atoms with Gasteiger partial charge < -0.3 is 20.4 Å². The van der Waals surface area contributed by atoms with E-state index in [2.05, 4.69) is 28.0 Å². The number of halogens is 2. The molecular weight excluding hydrogens is 504 g/mol. The molecule has 0 unspecified atom stereocenters. The highest BCUT2D eigenvalue weighted by atomic mass is 19.1. The molecule has 194 valence electrons. The summed E-state index contributed by atoms with van der Waals surface area (Å²) in [6.45, 7) is 2.94. The van der Waals surface area contributed by atoms with Crippen molar-refractivity contribution in [2.24, 2.45) is 14.1 Å². The normalized spacial score (nSPS) is 10.8. The van der Waals surface area contributed by atoms with Crippen molar-refractivity contribution in [3.63, 3.8) is 0 Å². The summed E-state index contributed by atoms with van der Waals surface area (Å²) in [4.78, 5) is 15.9. The lowest BCUT2D eigenvalue weighted by molar-refractivity contribution is -0.114. The van der Waals surface area contributed by atoms with Crippen molar-refractivity contribution in [2.75, 3.05) is 11.1 Å². The van der Waals surface area contributed by atoms with E-state index < -0.39 is 17.6 Å². The molecule has 0 spiro atoms. The van der Waals surface area contributed by atoms with Gasteiger partial charge in [0.15, 0.2) is 5.83 Å². The van der Waals surface area contributed by atoms with Gasteiger partial charge in [0, 0.05) is 49.4 Å². The third-order valence-electron chi connectivity index (χ3n) is 6.14. The highest BCUT2D eigenvalue weighted by Gasteiger charge is 2.25. The van der Waals surface area contributed by atoms with E-state index in [1.807, 2.05) is 0 Å². The van der Waals surface area contributed by atoms with E-state index in [1.165, 1.54) is 18.3 Å². The third kappa shape index (κ3) is 4.55. The number of nitrogens with one attached hydrogen (secondary N) is 1. The molecule has 0 saturated carbocycles. The number of nitrogen functional groups attached to an aromatic ring is 1. The van der Waals surface area contributed by atoms with Crippen LogP contribution in [0.2, 0.25) is 0 Å². The lowest BCUT2D eigenvalue weighted by Gasteiger charge is -2.12. The number of rotatable bonds is 6. The Balaban J connectivity index is 1.68. The highest BCUT2D eigenvalue weighted by Crippen LogP contribution is 2.44. The van der Waals surface area contributed by atoms with Gasteiger partial charge in [0.1, 0.15) is 23.5 Å². The fourth-order valence-corrected chi connectivity index (χ4v) is 4.43. The van der Waals surface area contributed by atoms with Crippen LogP contribution < -0.4 is 15.8 Å². The summed E-state index contributed by atoms with van der Waals surface area (Å²) in [6, 6.07) is 14.9. The van der Waals surface area contributed by atoms with Gasteiger partial charge >= 0.3 is 0 Å². The van der Waals surface area contributed by atoms with Gasteiger partial charge in [0.2, 0.25) is 5.88 Å². The number of fused-ring (bicyclic) bond motifs is 1. The van der Waals surface area contributed by atoms with Crippen LogP contribution in [0, 0.1) is 17.1 Å². The Bertz CT molecular complexity index is 1810. The van der Waals surface area contributed by atoms with Crippen LogP contribution in [0.3, 0.4) is 0 Å². The summed E-state index contributed by atoms with van der Waals surface area (Å²) in [5.41, 5.74) is 8.89. The van der Waals surface area contributed by atoms with Gasteiger partial charge in [-0.1, -0.05) is 18.7 Å². The number of nitrogens with two attached hydrogens (primary N) is 1. The number of anilines is 2. The molecular formula is C28H21F2N7O2. The number of hydrogen-bond acceptors (Lipinski definition) is 6. The predicted molar refractivity (Wildman–Crippen MR) is 143 cm³/mol. The van der Waals surface area contributed by atoms with E-state index in [-0.39, 0.29) is 22.6 Å². The molecule has 2 aromatic carbocycles. The van der Waals surface area contributed by atoms with Gasteiger partial charge in [-0.3, -0.25) is 9.48 Å². The van der Waals surface area contributed by atoms with Crippen molar-refractivity contribution in [1.29, 1.82) is 5.26 Å². The molecule has 0 fully saturated rings. The first-order valence-electron chi connectivity index (χ1n) is 11.6. The molecule has 0 radical (unpaired) electrons. The Morgan fingerprint density at radius 3 is 2.54 bits per heavy atom. The molecule has 3 N–H and O–H groups in total. The Hall–Kier alpha value is -5.50. The fraction of sp³-hybridized carbons (Fsp3) is 0.0714. The number of ether oxygens (including phenoxy) is 1. The van der Waals surface area contributed by atoms with E-state index in [9.17, 15) is 14.4 Å². The van der Waals surface area contributed by atoms with E-state index in [1.54, 1.807) is 59.9 Å². The van der Waals surface area contributed by atoms with Gasteiger partial charge in [-0.15, -0.1) is 5.10 Å². The van der Waals surface area contributed by atoms with Gasteiger partial charge in [0.05, 0.1) is 22.2 Å². The number of nitrogens with zero attached hydrogens (tertiary/aromatic N) is 5. The minimum Gasteiger partial charge on any atom is -0.438 e. The average Bonchev–Trinajstić information content (AvgIpc) is 3.45.